The predicted molar refractivity (Wildman–Crippen MR) is 110 cm³/mol. The molecule has 0 bridgehead atoms. The zero-order chi connectivity index (χ0) is 17.5. The Kier molecular flexibility index (Phi) is 3.32. The Morgan fingerprint density at radius 1 is 0.500 bits per heavy atom. The molecule has 0 saturated heterocycles. The van der Waals surface area contributed by atoms with Gasteiger partial charge in [-0.3, -0.25) is 4.79 Å². The Labute approximate surface area is 151 Å². The van der Waals surface area contributed by atoms with Gasteiger partial charge in [-0.05, 0) is 73.8 Å². The van der Waals surface area contributed by atoms with E-state index in [-0.39, 0.29) is 0 Å². The van der Waals surface area contributed by atoms with E-state index in [0.717, 1.165) is 23.0 Å². The molecular weight excluding hydrogens is 316 g/mol. The molecule has 1 nitrogen and oxygen atoms in total. The van der Waals surface area contributed by atoms with E-state index in [1.165, 1.54) is 32.3 Å². The first kappa shape index (κ1) is 14.9. The van der Waals surface area contributed by atoms with Gasteiger partial charge in [0.1, 0.15) is 0 Å². The second-order valence-electron chi connectivity index (χ2n) is 6.67. The Morgan fingerprint density at radius 3 is 1.73 bits per heavy atom. The van der Waals surface area contributed by atoms with Crippen molar-refractivity contribution in [3.8, 4) is 11.1 Å². The summed E-state index contributed by atoms with van der Waals surface area (Å²) >= 11 is 0. The molecule has 0 aromatic heterocycles. The molecule has 0 unspecified atom stereocenters. The van der Waals surface area contributed by atoms with Gasteiger partial charge in [-0.1, -0.05) is 60.7 Å². The minimum atomic E-state index is 0.721. The lowest BCUT2D eigenvalue weighted by molar-refractivity contribution is 0.112. The lowest BCUT2D eigenvalue weighted by atomic mass is 9.95. The van der Waals surface area contributed by atoms with E-state index < -0.39 is 0 Å². The number of fused-ring (bicyclic) bond motifs is 3. The molecular formula is C25H16O. The van der Waals surface area contributed by atoms with Crippen molar-refractivity contribution in [3.05, 3.63) is 96.6 Å². The average Bonchev–Trinajstić information content (AvgIpc) is 2.70. The molecule has 0 aliphatic carbocycles. The van der Waals surface area contributed by atoms with Gasteiger partial charge in [-0.2, -0.15) is 0 Å². The molecule has 5 rings (SSSR count). The summed E-state index contributed by atoms with van der Waals surface area (Å²) in [5, 5.41) is 7.39. The Morgan fingerprint density at radius 2 is 1.04 bits per heavy atom. The lowest BCUT2D eigenvalue weighted by Crippen LogP contribution is -1.87. The molecule has 0 radical (unpaired) electrons. The number of carbonyl (C=O) groups is 1. The van der Waals surface area contributed by atoms with Gasteiger partial charge < -0.3 is 0 Å². The Bertz CT molecular complexity index is 1300. The fourth-order valence-electron chi connectivity index (χ4n) is 3.72. The number of carbonyl (C=O) groups excluding carboxylic acids is 1. The first-order valence-electron chi connectivity index (χ1n) is 8.73. The van der Waals surface area contributed by atoms with Crippen molar-refractivity contribution in [2.75, 3.05) is 0 Å². The standard InChI is InChI=1S/C25H16O/c26-16-21-7-3-4-8-25(21)20-10-9-19-13-23-11-17-5-1-2-6-18(17)12-24(23)15-22(19)14-20/h1-16H. The second-order valence-corrected chi connectivity index (χ2v) is 6.67. The van der Waals surface area contributed by atoms with Crippen LogP contribution in [-0.2, 0) is 0 Å². The molecule has 5 aromatic rings. The van der Waals surface area contributed by atoms with Crippen molar-refractivity contribution in [3.63, 3.8) is 0 Å². The monoisotopic (exact) mass is 332 g/mol. The van der Waals surface area contributed by atoms with Crippen molar-refractivity contribution in [1.29, 1.82) is 0 Å². The minimum absolute atomic E-state index is 0.721. The van der Waals surface area contributed by atoms with Crippen LogP contribution in [0, 0.1) is 0 Å². The normalized spacial score (nSPS) is 11.2. The molecule has 0 atom stereocenters. The van der Waals surface area contributed by atoms with E-state index in [9.17, 15) is 4.79 Å². The summed E-state index contributed by atoms with van der Waals surface area (Å²) in [5.41, 5.74) is 2.77. The van der Waals surface area contributed by atoms with Gasteiger partial charge in [0.05, 0.1) is 0 Å². The van der Waals surface area contributed by atoms with E-state index in [1.54, 1.807) is 0 Å². The van der Waals surface area contributed by atoms with Crippen molar-refractivity contribution in [2.45, 2.75) is 0 Å². The van der Waals surface area contributed by atoms with Gasteiger partial charge in [0.2, 0.25) is 0 Å². The van der Waals surface area contributed by atoms with Crippen LogP contribution in [0.2, 0.25) is 0 Å². The molecule has 0 heterocycles. The smallest absolute Gasteiger partial charge is 0.150 e. The largest absolute Gasteiger partial charge is 0.298 e. The Hall–Kier alpha value is -3.45. The van der Waals surface area contributed by atoms with E-state index in [2.05, 4.69) is 66.7 Å². The highest BCUT2D eigenvalue weighted by molar-refractivity contribution is 6.05. The van der Waals surface area contributed by atoms with Crippen LogP contribution < -0.4 is 0 Å². The first-order chi connectivity index (χ1) is 12.8. The molecule has 26 heavy (non-hydrogen) atoms. The maximum absolute atomic E-state index is 11.4. The van der Waals surface area contributed by atoms with Crippen LogP contribution in [0.1, 0.15) is 10.4 Å². The summed E-state index contributed by atoms with van der Waals surface area (Å²) in [6.45, 7) is 0. The van der Waals surface area contributed by atoms with E-state index in [4.69, 9.17) is 0 Å². The van der Waals surface area contributed by atoms with Crippen LogP contribution in [0.15, 0.2) is 91.0 Å². The lowest BCUT2D eigenvalue weighted by Gasteiger charge is -2.09. The zero-order valence-electron chi connectivity index (χ0n) is 14.1. The molecule has 1 heteroatoms. The highest BCUT2D eigenvalue weighted by Gasteiger charge is 2.06. The molecule has 0 fully saturated rings. The van der Waals surface area contributed by atoms with Crippen LogP contribution in [0.4, 0.5) is 0 Å². The van der Waals surface area contributed by atoms with Gasteiger partial charge in [0.15, 0.2) is 6.29 Å². The summed E-state index contributed by atoms with van der Waals surface area (Å²) in [4.78, 5) is 11.4. The van der Waals surface area contributed by atoms with Gasteiger partial charge in [-0.15, -0.1) is 0 Å². The summed E-state index contributed by atoms with van der Waals surface area (Å²) < 4.78 is 0. The number of hydrogen-bond donors (Lipinski definition) is 0. The van der Waals surface area contributed by atoms with Crippen molar-refractivity contribution >= 4 is 38.6 Å². The number of rotatable bonds is 2. The van der Waals surface area contributed by atoms with Gasteiger partial charge in [0, 0.05) is 5.56 Å². The van der Waals surface area contributed by atoms with Crippen LogP contribution >= 0.6 is 0 Å². The van der Waals surface area contributed by atoms with Crippen LogP contribution in [0.5, 0.6) is 0 Å². The third-order valence-corrected chi connectivity index (χ3v) is 5.06. The summed E-state index contributed by atoms with van der Waals surface area (Å²) in [6.07, 6.45) is 0.923. The van der Waals surface area contributed by atoms with E-state index in [0.29, 0.717) is 0 Å². The van der Waals surface area contributed by atoms with Crippen LogP contribution in [-0.4, -0.2) is 6.29 Å². The fraction of sp³-hybridized carbons (Fsp3) is 0. The Balaban J connectivity index is 1.76. The second kappa shape index (κ2) is 5.82. The minimum Gasteiger partial charge on any atom is -0.298 e. The summed E-state index contributed by atoms with van der Waals surface area (Å²) in [5.74, 6) is 0. The third kappa shape index (κ3) is 2.37. The molecule has 0 aliphatic heterocycles. The van der Waals surface area contributed by atoms with Gasteiger partial charge >= 0.3 is 0 Å². The highest BCUT2D eigenvalue weighted by Crippen LogP contribution is 2.31. The number of aldehydes is 1. The van der Waals surface area contributed by atoms with Crippen LogP contribution in [0.25, 0.3) is 43.4 Å². The van der Waals surface area contributed by atoms with Gasteiger partial charge in [0.25, 0.3) is 0 Å². The molecule has 5 aromatic carbocycles. The first-order valence-corrected chi connectivity index (χ1v) is 8.73. The average molecular weight is 332 g/mol. The van der Waals surface area contributed by atoms with E-state index >= 15 is 0 Å². The fourth-order valence-corrected chi connectivity index (χ4v) is 3.72. The maximum atomic E-state index is 11.4. The zero-order valence-corrected chi connectivity index (χ0v) is 14.1. The molecule has 0 aliphatic rings. The third-order valence-electron chi connectivity index (χ3n) is 5.06. The quantitative estimate of drug-likeness (QED) is 0.262. The SMILES string of the molecule is O=Cc1ccccc1-c1ccc2cc3cc4ccccc4cc3cc2c1. The molecule has 0 N–H and O–H groups in total. The maximum Gasteiger partial charge on any atom is 0.150 e. The van der Waals surface area contributed by atoms with Crippen molar-refractivity contribution < 1.29 is 4.79 Å². The number of hydrogen-bond acceptors (Lipinski definition) is 1. The van der Waals surface area contributed by atoms with Crippen LogP contribution in [0.3, 0.4) is 0 Å². The molecule has 0 amide bonds. The number of benzene rings is 5. The summed E-state index contributed by atoms with van der Waals surface area (Å²) in [6, 6.07) is 31.6. The summed E-state index contributed by atoms with van der Waals surface area (Å²) in [7, 11) is 0. The molecule has 0 saturated carbocycles. The van der Waals surface area contributed by atoms with Crippen molar-refractivity contribution in [2.24, 2.45) is 0 Å². The highest BCUT2D eigenvalue weighted by atomic mass is 16.1. The topological polar surface area (TPSA) is 17.1 Å². The van der Waals surface area contributed by atoms with Crippen molar-refractivity contribution in [1.82, 2.24) is 0 Å². The van der Waals surface area contributed by atoms with Gasteiger partial charge in [-0.25, -0.2) is 0 Å². The molecule has 122 valence electrons. The molecule has 0 spiro atoms. The predicted octanol–water partition coefficient (Wildman–Crippen LogP) is 6.63. The van der Waals surface area contributed by atoms with E-state index in [1.807, 2.05) is 24.3 Å².